The smallest absolute Gasteiger partial charge is 0.136 e. The first kappa shape index (κ1) is 11.5. The summed E-state index contributed by atoms with van der Waals surface area (Å²) in [5, 5.41) is 2.77. The molecule has 0 unspecified atom stereocenters. The molecule has 0 atom stereocenters. The number of halogens is 2. The van der Waals surface area contributed by atoms with E-state index in [-0.39, 0.29) is 0 Å². The first-order valence-corrected chi connectivity index (χ1v) is 5.98. The number of furan rings is 1. The van der Waals surface area contributed by atoms with Gasteiger partial charge in [0.05, 0.1) is 0 Å². The Labute approximate surface area is 107 Å². The molecule has 0 saturated carbocycles. The van der Waals surface area contributed by atoms with Crippen molar-refractivity contribution < 1.29 is 4.42 Å². The zero-order valence-corrected chi connectivity index (χ0v) is 11.1. The molecule has 0 spiro atoms. The van der Waals surface area contributed by atoms with E-state index in [9.17, 15) is 0 Å². The van der Waals surface area contributed by atoms with Crippen LogP contribution in [0.25, 0.3) is 21.5 Å². The summed E-state index contributed by atoms with van der Waals surface area (Å²) in [5.41, 5.74) is 1.58. The predicted octanol–water partition coefficient (Wildman–Crippen LogP) is 3.58. The highest BCUT2D eigenvalue weighted by Crippen LogP contribution is 2.16. The Morgan fingerprint density at radius 3 is 2.88 bits per heavy atom. The van der Waals surface area contributed by atoms with E-state index in [0.29, 0.717) is 5.02 Å². The van der Waals surface area contributed by atoms with E-state index < -0.39 is 0 Å². The number of hydrogen-bond donors (Lipinski definition) is 0. The molecule has 0 radical (unpaired) electrons. The van der Waals surface area contributed by atoms with Crippen molar-refractivity contribution in [3.63, 3.8) is 0 Å². The molecular formula is C13H10BrClO. The fourth-order valence-electron chi connectivity index (χ4n) is 1.67. The minimum atomic E-state index is 0.671. The second-order valence-electron chi connectivity index (χ2n) is 3.42. The van der Waals surface area contributed by atoms with E-state index in [1.54, 1.807) is 6.08 Å². The molecule has 3 heteroatoms. The van der Waals surface area contributed by atoms with Gasteiger partial charge in [-0.25, -0.2) is 0 Å². The summed E-state index contributed by atoms with van der Waals surface area (Å²) < 4.78 is 6.75. The van der Waals surface area contributed by atoms with Crippen molar-refractivity contribution in [3.8, 4) is 0 Å². The van der Waals surface area contributed by atoms with Gasteiger partial charge in [0.2, 0.25) is 0 Å². The van der Waals surface area contributed by atoms with E-state index in [4.69, 9.17) is 16.0 Å². The lowest BCUT2D eigenvalue weighted by atomic mass is 10.2. The van der Waals surface area contributed by atoms with E-state index in [1.807, 2.05) is 31.2 Å². The van der Waals surface area contributed by atoms with Crippen LogP contribution >= 0.6 is 27.5 Å². The molecule has 0 fully saturated rings. The zero-order chi connectivity index (χ0) is 11.7. The molecule has 0 aliphatic rings. The number of hydrogen-bond acceptors (Lipinski definition) is 1. The molecule has 16 heavy (non-hydrogen) atoms. The molecule has 1 heterocycles. The van der Waals surface area contributed by atoms with Crippen molar-refractivity contribution >= 4 is 49.1 Å². The molecule has 82 valence electrons. The lowest BCUT2D eigenvalue weighted by Gasteiger charge is -1.89. The van der Waals surface area contributed by atoms with Crippen LogP contribution in [0.15, 0.2) is 35.3 Å². The van der Waals surface area contributed by atoms with Crippen LogP contribution in [0.1, 0.15) is 6.92 Å². The summed E-state index contributed by atoms with van der Waals surface area (Å²) in [6.45, 7) is 5.66. The second kappa shape index (κ2) is 4.48. The van der Waals surface area contributed by atoms with Gasteiger partial charge in [0.15, 0.2) is 0 Å². The van der Waals surface area contributed by atoms with Crippen LogP contribution in [0.3, 0.4) is 0 Å². The van der Waals surface area contributed by atoms with Crippen molar-refractivity contribution in [2.45, 2.75) is 6.92 Å². The van der Waals surface area contributed by atoms with Crippen LogP contribution in [0, 0.1) is 0 Å². The number of fused-ring (bicyclic) bond motifs is 1. The largest absolute Gasteiger partial charge is 0.456 e. The summed E-state index contributed by atoms with van der Waals surface area (Å²) in [5.74, 6) is 0. The van der Waals surface area contributed by atoms with Gasteiger partial charge in [-0.3, -0.25) is 0 Å². The van der Waals surface area contributed by atoms with Gasteiger partial charge < -0.3 is 4.42 Å². The van der Waals surface area contributed by atoms with Gasteiger partial charge >= 0.3 is 0 Å². The third kappa shape index (κ3) is 1.95. The average molecular weight is 298 g/mol. The molecule has 0 aliphatic heterocycles. The predicted molar refractivity (Wildman–Crippen MR) is 73.1 cm³/mol. The molecule has 1 nitrogen and oxygen atoms in total. The fourth-order valence-corrected chi connectivity index (χ4v) is 2.24. The molecule has 0 N–H and O–H groups in total. The Morgan fingerprint density at radius 1 is 1.50 bits per heavy atom. The van der Waals surface area contributed by atoms with Gasteiger partial charge in [-0.2, -0.15) is 0 Å². The normalized spacial score (nSPS) is 14.3. The summed E-state index contributed by atoms with van der Waals surface area (Å²) in [7, 11) is 0. The number of benzene rings is 1. The third-order valence-corrected chi connectivity index (χ3v) is 2.92. The molecule has 0 saturated heterocycles. The van der Waals surface area contributed by atoms with Crippen molar-refractivity contribution in [1.82, 2.24) is 0 Å². The highest BCUT2D eigenvalue weighted by atomic mass is 79.9. The van der Waals surface area contributed by atoms with Gasteiger partial charge in [0.1, 0.15) is 11.0 Å². The van der Waals surface area contributed by atoms with Crippen LogP contribution in [0.5, 0.6) is 0 Å². The lowest BCUT2D eigenvalue weighted by Crippen LogP contribution is -2.20. The Kier molecular flexibility index (Phi) is 3.22. The topological polar surface area (TPSA) is 13.1 Å². The molecule has 2 rings (SSSR count). The third-order valence-electron chi connectivity index (χ3n) is 2.29. The van der Waals surface area contributed by atoms with Crippen LogP contribution in [-0.4, -0.2) is 0 Å². The molecule has 1 aromatic heterocycles. The van der Waals surface area contributed by atoms with Gasteiger partial charge in [0.25, 0.3) is 0 Å². The zero-order valence-electron chi connectivity index (χ0n) is 8.76. The van der Waals surface area contributed by atoms with E-state index in [1.165, 1.54) is 0 Å². The molecule has 0 bridgehead atoms. The van der Waals surface area contributed by atoms with Crippen molar-refractivity contribution in [2.24, 2.45) is 0 Å². The highest BCUT2D eigenvalue weighted by Gasteiger charge is 2.04. The second-order valence-corrected chi connectivity index (χ2v) is 5.04. The molecule has 0 amide bonds. The van der Waals surface area contributed by atoms with Crippen molar-refractivity contribution in [2.75, 3.05) is 0 Å². The summed E-state index contributed by atoms with van der Waals surface area (Å²) >= 11 is 9.42. The van der Waals surface area contributed by atoms with Gasteiger partial charge in [-0.05, 0) is 25.1 Å². The van der Waals surface area contributed by atoms with Crippen LogP contribution in [0.2, 0.25) is 5.02 Å². The molecular weight excluding hydrogens is 287 g/mol. The quantitative estimate of drug-likeness (QED) is 0.784. The Morgan fingerprint density at radius 2 is 2.25 bits per heavy atom. The monoisotopic (exact) mass is 296 g/mol. The average Bonchev–Trinajstić information content (AvgIpc) is 2.55. The van der Waals surface area contributed by atoms with Gasteiger partial charge in [-0.1, -0.05) is 40.2 Å². The number of rotatable bonds is 1. The summed E-state index contributed by atoms with van der Waals surface area (Å²) in [6, 6.07) is 5.63. The highest BCUT2D eigenvalue weighted by molar-refractivity contribution is 9.14. The minimum Gasteiger partial charge on any atom is -0.456 e. The Balaban J connectivity index is 3.05. The Hall–Kier alpha value is -0.990. The van der Waals surface area contributed by atoms with Gasteiger partial charge in [0, 0.05) is 26.2 Å². The van der Waals surface area contributed by atoms with E-state index in [0.717, 1.165) is 26.1 Å². The van der Waals surface area contributed by atoms with Crippen LogP contribution in [-0.2, 0) is 0 Å². The maximum Gasteiger partial charge on any atom is 0.136 e. The summed E-state index contributed by atoms with van der Waals surface area (Å²) in [6.07, 6.45) is 3.55. The fraction of sp³-hybridized carbons (Fsp3) is 0.0769. The van der Waals surface area contributed by atoms with Gasteiger partial charge in [-0.15, -0.1) is 0 Å². The lowest BCUT2D eigenvalue weighted by molar-refractivity contribution is 0.575. The maximum absolute atomic E-state index is 5.93. The first-order valence-electron chi connectivity index (χ1n) is 4.80. The van der Waals surface area contributed by atoms with Crippen molar-refractivity contribution in [3.05, 3.63) is 46.5 Å². The molecule has 0 aliphatic carbocycles. The molecule has 2 aromatic rings. The maximum atomic E-state index is 5.93. The SMILES string of the molecule is C=C/C=c1/oc2cc(Cl)ccc2/c1=C(/C)Br. The van der Waals surface area contributed by atoms with E-state index in [2.05, 4.69) is 22.5 Å². The Bertz CT molecular complexity index is 663. The van der Waals surface area contributed by atoms with Crippen LogP contribution < -0.4 is 10.6 Å². The van der Waals surface area contributed by atoms with Crippen molar-refractivity contribution in [1.29, 1.82) is 0 Å². The summed E-state index contributed by atoms with van der Waals surface area (Å²) in [4.78, 5) is 0. The molecule has 1 aromatic carbocycles. The van der Waals surface area contributed by atoms with Crippen LogP contribution in [0.4, 0.5) is 0 Å². The number of allylic oxidation sites excluding steroid dienone is 1. The first-order chi connectivity index (χ1) is 7.63. The van der Waals surface area contributed by atoms with E-state index >= 15 is 0 Å². The minimum absolute atomic E-state index is 0.671. The standard InChI is InChI=1S/C13H10BrClO/c1-3-4-11-13(8(2)14)10-6-5-9(15)7-12(10)16-11/h3-7H,1H2,2H3/b11-4+,13-8+.